The summed E-state index contributed by atoms with van der Waals surface area (Å²) in [6, 6.07) is 9.72. The first-order valence-electron chi connectivity index (χ1n) is 7.66. The van der Waals surface area contributed by atoms with E-state index in [9.17, 15) is 9.59 Å². The number of ether oxygens (including phenoxy) is 2. The van der Waals surface area contributed by atoms with Crippen molar-refractivity contribution < 1.29 is 19.1 Å². The smallest absolute Gasteiger partial charge is 0.338 e. The molecule has 0 saturated carbocycles. The number of nitrogens with zero attached hydrogens (tertiary/aromatic N) is 4. The van der Waals surface area contributed by atoms with E-state index in [4.69, 9.17) is 20.0 Å². The number of pyridine rings is 2. The maximum Gasteiger partial charge on any atom is 0.338 e. The van der Waals surface area contributed by atoms with Crippen LogP contribution in [-0.4, -0.2) is 35.1 Å². The molecule has 0 radical (unpaired) electrons. The van der Waals surface area contributed by atoms with Crippen LogP contribution in [0, 0.1) is 22.7 Å². The summed E-state index contributed by atoms with van der Waals surface area (Å²) in [5.74, 6) is -1.15. The predicted molar refractivity (Wildman–Crippen MR) is 88.5 cm³/mol. The highest BCUT2D eigenvalue weighted by Crippen LogP contribution is 2.18. The average molecular weight is 350 g/mol. The van der Waals surface area contributed by atoms with Crippen LogP contribution in [0.25, 0.3) is 11.4 Å². The summed E-state index contributed by atoms with van der Waals surface area (Å²) in [5.41, 5.74) is 1.28. The highest BCUT2D eigenvalue weighted by Gasteiger charge is 2.13. The molecule has 0 unspecified atom stereocenters. The van der Waals surface area contributed by atoms with E-state index in [1.54, 1.807) is 0 Å². The molecule has 8 nitrogen and oxygen atoms in total. The van der Waals surface area contributed by atoms with Crippen molar-refractivity contribution in [3.63, 3.8) is 0 Å². The topological polar surface area (TPSA) is 126 Å². The Bertz CT molecular complexity index is 810. The molecule has 2 aromatic heterocycles. The molecule has 2 rings (SSSR count). The van der Waals surface area contributed by atoms with Gasteiger partial charge in [0.15, 0.2) is 0 Å². The average Bonchev–Trinajstić information content (AvgIpc) is 2.68. The Morgan fingerprint density at radius 2 is 1.27 bits per heavy atom. The van der Waals surface area contributed by atoms with Crippen LogP contribution in [0.1, 0.15) is 33.6 Å². The third kappa shape index (κ3) is 5.11. The maximum atomic E-state index is 11.9. The molecule has 0 saturated heterocycles. The van der Waals surface area contributed by atoms with Crippen molar-refractivity contribution in [2.24, 2.45) is 0 Å². The van der Waals surface area contributed by atoms with E-state index in [1.165, 1.54) is 36.7 Å². The van der Waals surface area contributed by atoms with E-state index < -0.39 is 11.9 Å². The fourth-order valence-corrected chi connectivity index (χ4v) is 1.94. The predicted octanol–water partition coefficient (Wildman–Crippen LogP) is 2.28. The third-order valence-corrected chi connectivity index (χ3v) is 3.15. The summed E-state index contributed by atoms with van der Waals surface area (Å²) in [5, 5.41) is 16.9. The van der Waals surface area contributed by atoms with E-state index in [0.29, 0.717) is 11.4 Å². The van der Waals surface area contributed by atoms with Crippen LogP contribution in [-0.2, 0) is 9.47 Å². The molecule has 130 valence electrons. The molecule has 8 heteroatoms. The summed E-state index contributed by atoms with van der Waals surface area (Å²) in [6.45, 7) is 0.0184. The van der Waals surface area contributed by atoms with Crippen molar-refractivity contribution >= 4 is 11.9 Å². The van der Waals surface area contributed by atoms with Crippen molar-refractivity contribution in [2.75, 3.05) is 13.2 Å². The Hall–Kier alpha value is -3.78. The summed E-state index contributed by atoms with van der Waals surface area (Å²) in [4.78, 5) is 32.2. The molecule has 0 aromatic carbocycles. The number of carbonyl (C=O) groups is 2. The number of nitriles is 2. The van der Waals surface area contributed by atoms with Gasteiger partial charge in [0.25, 0.3) is 0 Å². The van der Waals surface area contributed by atoms with Crippen LogP contribution in [0.2, 0.25) is 0 Å². The zero-order valence-corrected chi connectivity index (χ0v) is 13.7. The maximum absolute atomic E-state index is 11.9. The van der Waals surface area contributed by atoms with E-state index in [1.807, 2.05) is 12.1 Å². The molecular formula is C18H14N4O4. The van der Waals surface area contributed by atoms with Crippen molar-refractivity contribution in [3.05, 3.63) is 47.8 Å². The molecule has 0 atom stereocenters. The fourth-order valence-electron chi connectivity index (χ4n) is 1.94. The van der Waals surface area contributed by atoms with Gasteiger partial charge in [0.1, 0.15) is 13.2 Å². The Labute approximate surface area is 149 Å². The van der Waals surface area contributed by atoms with Gasteiger partial charge < -0.3 is 9.47 Å². The number of rotatable bonds is 7. The van der Waals surface area contributed by atoms with Gasteiger partial charge in [-0.15, -0.1) is 0 Å². The van der Waals surface area contributed by atoms with Gasteiger partial charge in [0.2, 0.25) is 0 Å². The van der Waals surface area contributed by atoms with Crippen molar-refractivity contribution in [1.82, 2.24) is 9.97 Å². The number of carbonyl (C=O) groups excluding carboxylic acids is 2. The molecule has 2 heterocycles. The van der Waals surface area contributed by atoms with Crippen molar-refractivity contribution in [1.29, 1.82) is 10.5 Å². The van der Waals surface area contributed by atoms with Gasteiger partial charge in [-0.2, -0.15) is 10.5 Å². The lowest BCUT2D eigenvalue weighted by molar-refractivity contribution is 0.0503. The van der Waals surface area contributed by atoms with Crippen LogP contribution in [0.4, 0.5) is 0 Å². The first-order valence-corrected chi connectivity index (χ1v) is 7.66. The van der Waals surface area contributed by atoms with Gasteiger partial charge in [0.05, 0.1) is 47.5 Å². The third-order valence-electron chi connectivity index (χ3n) is 3.15. The summed E-state index contributed by atoms with van der Waals surface area (Å²) in [6.07, 6.45) is 3.08. The van der Waals surface area contributed by atoms with Crippen molar-refractivity contribution in [2.45, 2.75) is 12.8 Å². The summed E-state index contributed by atoms with van der Waals surface area (Å²) >= 11 is 0. The van der Waals surface area contributed by atoms with Gasteiger partial charge in [-0.05, 0) is 24.3 Å². The summed E-state index contributed by atoms with van der Waals surface area (Å²) < 4.78 is 9.93. The van der Waals surface area contributed by atoms with Crippen LogP contribution >= 0.6 is 0 Å². The molecule has 0 aliphatic heterocycles. The second kappa shape index (κ2) is 9.50. The molecule has 0 aliphatic rings. The lowest BCUT2D eigenvalue weighted by atomic mass is 10.1. The Morgan fingerprint density at radius 1 is 0.846 bits per heavy atom. The monoisotopic (exact) mass is 350 g/mol. The highest BCUT2D eigenvalue weighted by molar-refractivity contribution is 5.92. The van der Waals surface area contributed by atoms with E-state index in [-0.39, 0.29) is 37.2 Å². The second-order valence-electron chi connectivity index (χ2n) is 4.95. The molecular weight excluding hydrogens is 336 g/mol. The number of aromatic nitrogens is 2. The quantitative estimate of drug-likeness (QED) is 0.550. The number of hydrogen-bond acceptors (Lipinski definition) is 8. The SMILES string of the molecule is N#CCCOC(=O)c1ccnc(-c2cc(C(=O)OCCC#N)ccn2)c1. The minimum Gasteiger partial charge on any atom is -0.461 e. The highest BCUT2D eigenvalue weighted by atomic mass is 16.5. The number of esters is 2. The van der Waals surface area contributed by atoms with E-state index in [2.05, 4.69) is 9.97 Å². The zero-order valence-electron chi connectivity index (χ0n) is 13.7. The van der Waals surface area contributed by atoms with Gasteiger partial charge in [0, 0.05) is 12.4 Å². The minimum absolute atomic E-state index is 0.00919. The Balaban J connectivity index is 2.16. The summed E-state index contributed by atoms with van der Waals surface area (Å²) in [7, 11) is 0. The molecule has 0 fully saturated rings. The van der Waals surface area contributed by atoms with Gasteiger partial charge in [-0.1, -0.05) is 0 Å². The first kappa shape index (κ1) is 18.6. The first-order chi connectivity index (χ1) is 12.7. The fraction of sp³-hybridized carbons (Fsp3) is 0.222. The molecule has 0 spiro atoms. The van der Waals surface area contributed by atoms with Crippen LogP contribution < -0.4 is 0 Å². The standard InChI is InChI=1S/C18H14N4O4/c19-5-1-9-25-17(23)13-3-7-21-15(11-13)16-12-14(4-8-22-16)18(24)26-10-2-6-20/h3-4,7-8,11-12H,1-2,9-10H2. The second-order valence-corrected chi connectivity index (χ2v) is 4.95. The Morgan fingerprint density at radius 3 is 1.65 bits per heavy atom. The van der Waals surface area contributed by atoms with Gasteiger partial charge >= 0.3 is 11.9 Å². The van der Waals surface area contributed by atoms with Crippen LogP contribution in [0.3, 0.4) is 0 Å². The molecule has 0 N–H and O–H groups in total. The van der Waals surface area contributed by atoms with E-state index >= 15 is 0 Å². The van der Waals surface area contributed by atoms with E-state index in [0.717, 1.165) is 0 Å². The van der Waals surface area contributed by atoms with Crippen LogP contribution in [0.15, 0.2) is 36.7 Å². The minimum atomic E-state index is -0.573. The molecule has 0 amide bonds. The number of hydrogen-bond donors (Lipinski definition) is 0. The van der Waals surface area contributed by atoms with Gasteiger partial charge in [-0.3, -0.25) is 9.97 Å². The molecule has 26 heavy (non-hydrogen) atoms. The van der Waals surface area contributed by atoms with Crippen LogP contribution in [0.5, 0.6) is 0 Å². The zero-order chi connectivity index (χ0) is 18.8. The lowest BCUT2D eigenvalue weighted by Gasteiger charge is -2.06. The van der Waals surface area contributed by atoms with Crippen molar-refractivity contribution in [3.8, 4) is 23.5 Å². The normalized spacial score (nSPS) is 9.62. The molecule has 2 aromatic rings. The largest absolute Gasteiger partial charge is 0.461 e. The molecule has 0 bridgehead atoms. The lowest BCUT2D eigenvalue weighted by Crippen LogP contribution is -2.08. The molecule has 0 aliphatic carbocycles. The van der Waals surface area contributed by atoms with Gasteiger partial charge in [-0.25, -0.2) is 9.59 Å². The Kier molecular flexibility index (Phi) is 6.78.